The summed E-state index contributed by atoms with van der Waals surface area (Å²) in [5.41, 5.74) is 4.91. The van der Waals surface area contributed by atoms with Crippen LogP contribution < -0.4 is 0 Å². The van der Waals surface area contributed by atoms with Crippen LogP contribution in [0.5, 0.6) is 0 Å². The highest BCUT2D eigenvalue weighted by Crippen LogP contribution is 2.21. The Bertz CT molecular complexity index is 1000. The quantitative estimate of drug-likeness (QED) is 0.543. The third-order valence-corrected chi connectivity index (χ3v) is 5.69. The summed E-state index contributed by atoms with van der Waals surface area (Å²) in [6.07, 6.45) is 3.78. The average Bonchev–Trinajstić information content (AvgIpc) is 2.76. The van der Waals surface area contributed by atoms with E-state index in [2.05, 4.69) is 68.3 Å². The van der Waals surface area contributed by atoms with E-state index >= 15 is 0 Å². The van der Waals surface area contributed by atoms with E-state index in [1.807, 2.05) is 24.5 Å². The molecule has 1 saturated heterocycles. The third kappa shape index (κ3) is 3.49. The molecule has 4 aromatic rings. The van der Waals surface area contributed by atoms with Crippen molar-refractivity contribution in [2.24, 2.45) is 0 Å². The van der Waals surface area contributed by atoms with Crippen molar-refractivity contribution in [3.63, 3.8) is 0 Å². The van der Waals surface area contributed by atoms with E-state index in [0.717, 1.165) is 50.3 Å². The summed E-state index contributed by atoms with van der Waals surface area (Å²) in [5, 5.41) is 2.45. The van der Waals surface area contributed by atoms with E-state index < -0.39 is 0 Å². The van der Waals surface area contributed by atoms with E-state index in [1.54, 1.807) is 0 Å². The van der Waals surface area contributed by atoms with Gasteiger partial charge in [0.25, 0.3) is 0 Å². The van der Waals surface area contributed by atoms with Gasteiger partial charge in [0.15, 0.2) is 0 Å². The first-order valence-corrected chi connectivity index (χ1v) is 9.97. The van der Waals surface area contributed by atoms with Crippen molar-refractivity contribution in [2.45, 2.75) is 13.1 Å². The van der Waals surface area contributed by atoms with Crippen molar-refractivity contribution in [1.29, 1.82) is 0 Å². The molecular formula is C24H24N4. The standard InChI is InChI=1S/C24H24N4/c1-5-19-9-3-11-25-23(19)21(7-1)17-27-13-15-28(16-14-27)18-22-8-2-6-20-10-4-12-26-24(20)22/h1-12H,13-18H2. The molecule has 3 heterocycles. The summed E-state index contributed by atoms with van der Waals surface area (Å²) in [5.74, 6) is 0. The molecule has 1 aliphatic heterocycles. The number of benzene rings is 2. The molecule has 0 spiro atoms. The van der Waals surface area contributed by atoms with Gasteiger partial charge in [-0.05, 0) is 23.3 Å². The zero-order valence-electron chi connectivity index (χ0n) is 16.0. The predicted octanol–water partition coefficient (Wildman–Crippen LogP) is 4.10. The van der Waals surface area contributed by atoms with Gasteiger partial charge in [-0.2, -0.15) is 0 Å². The van der Waals surface area contributed by atoms with Gasteiger partial charge in [-0.15, -0.1) is 0 Å². The number of hydrogen-bond donors (Lipinski definition) is 0. The second-order valence-electron chi connectivity index (χ2n) is 7.54. The fourth-order valence-electron chi connectivity index (χ4n) is 4.18. The van der Waals surface area contributed by atoms with Crippen LogP contribution in [0.3, 0.4) is 0 Å². The predicted molar refractivity (Wildman–Crippen MR) is 114 cm³/mol. The van der Waals surface area contributed by atoms with E-state index in [4.69, 9.17) is 0 Å². The Morgan fingerprint density at radius 3 is 1.46 bits per heavy atom. The summed E-state index contributed by atoms with van der Waals surface area (Å²) in [4.78, 5) is 14.3. The minimum atomic E-state index is 0.970. The number of fused-ring (bicyclic) bond motifs is 2. The monoisotopic (exact) mass is 368 g/mol. The molecule has 0 aliphatic carbocycles. The van der Waals surface area contributed by atoms with Crippen molar-refractivity contribution >= 4 is 21.8 Å². The number of rotatable bonds is 4. The van der Waals surface area contributed by atoms with Crippen LogP contribution in [0.2, 0.25) is 0 Å². The number of nitrogens with zero attached hydrogens (tertiary/aromatic N) is 4. The van der Waals surface area contributed by atoms with Gasteiger partial charge in [-0.25, -0.2) is 0 Å². The highest BCUT2D eigenvalue weighted by Gasteiger charge is 2.18. The molecule has 4 heteroatoms. The molecule has 0 radical (unpaired) electrons. The molecule has 5 rings (SSSR count). The van der Waals surface area contributed by atoms with E-state index in [9.17, 15) is 0 Å². The molecule has 0 atom stereocenters. The molecule has 1 fully saturated rings. The van der Waals surface area contributed by atoms with Gasteiger partial charge in [0.1, 0.15) is 0 Å². The Labute approximate surface area is 165 Å². The van der Waals surface area contributed by atoms with Crippen LogP contribution >= 0.6 is 0 Å². The Morgan fingerprint density at radius 1 is 0.571 bits per heavy atom. The lowest BCUT2D eigenvalue weighted by Gasteiger charge is -2.35. The van der Waals surface area contributed by atoms with Gasteiger partial charge in [0.2, 0.25) is 0 Å². The van der Waals surface area contributed by atoms with Crippen LogP contribution in [0.25, 0.3) is 21.8 Å². The van der Waals surface area contributed by atoms with Crippen LogP contribution in [-0.4, -0.2) is 45.9 Å². The Kier molecular flexibility index (Phi) is 4.73. The van der Waals surface area contributed by atoms with Gasteiger partial charge in [-0.1, -0.05) is 48.5 Å². The molecule has 0 saturated carbocycles. The van der Waals surface area contributed by atoms with E-state index in [0.29, 0.717) is 0 Å². The minimum Gasteiger partial charge on any atom is -0.296 e. The Morgan fingerprint density at radius 2 is 1.00 bits per heavy atom. The maximum Gasteiger partial charge on any atom is 0.0746 e. The average molecular weight is 368 g/mol. The lowest BCUT2D eigenvalue weighted by atomic mass is 10.1. The van der Waals surface area contributed by atoms with Crippen molar-refractivity contribution in [3.8, 4) is 0 Å². The SMILES string of the molecule is c1cnc2c(CN3CCN(Cc4cccc5cccnc45)CC3)cccc2c1. The summed E-state index contributed by atoms with van der Waals surface area (Å²) in [7, 11) is 0. The van der Waals surface area contributed by atoms with Gasteiger partial charge >= 0.3 is 0 Å². The number of pyridine rings is 2. The Balaban J connectivity index is 1.25. The lowest BCUT2D eigenvalue weighted by Crippen LogP contribution is -2.45. The molecule has 0 N–H and O–H groups in total. The largest absolute Gasteiger partial charge is 0.296 e. The van der Waals surface area contributed by atoms with Crippen molar-refractivity contribution in [3.05, 3.63) is 84.2 Å². The maximum absolute atomic E-state index is 4.60. The zero-order chi connectivity index (χ0) is 18.8. The third-order valence-electron chi connectivity index (χ3n) is 5.69. The van der Waals surface area contributed by atoms with Gasteiger partial charge in [-0.3, -0.25) is 19.8 Å². The summed E-state index contributed by atoms with van der Waals surface area (Å²) in [6.45, 7) is 6.28. The minimum absolute atomic E-state index is 0.970. The summed E-state index contributed by atoms with van der Waals surface area (Å²) >= 11 is 0. The molecule has 0 unspecified atom stereocenters. The molecule has 4 nitrogen and oxygen atoms in total. The van der Waals surface area contributed by atoms with Gasteiger partial charge in [0.05, 0.1) is 11.0 Å². The topological polar surface area (TPSA) is 32.3 Å². The molecule has 2 aromatic carbocycles. The van der Waals surface area contributed by atoms with E-state index in [-0.39, 0.29) is 0 Å². The number of hydrogen-bond acceptors (Lipinski definition) is 4. The lowest BCUT2D eigenvalue weighted by molar-refractivity contribution is 0.122. The fraction of sp³-hybridized carbons (Fsp3) is 0.250. The molecule has 28 heavy (non-hydrogen) atoms. The summed E-state index contributed by atoms with van der Waals surface area (Å²) in [6, 6.07) is 21.3. The maximum atomic E-state index is 4.60. The van der Waals surface area contributed by atoms with Crippen LogP contribution in [0.4, 0.5) is 0 Å². The molecule has 2 aromatic heterocycles. The first-order valence-electron chi connectivity index (χ1n) is 9.97. The van der Waals surface area contributed by atoms with E-state index in [1.165, 1.54) is 21.9 Å². The van der Waals surface area contributed by atoms with Gasteiger partial charge in [0, 0.05) is 62.4 Å². The second-order valence-corrected chi connectivity index (χ2v) is 7.54. The molecule has 0 bridgehead atoms. The molecular weight excluding hydrogens is 344 g/mol. The van der Waals surface area contributed by atoms with Crippen molar-refractivity contribution < 1.29 is 0 Å². The van der Waals surface area contributed by atoms with Crippen molar-refractivity contribution in [1.82, 2.24) is 19.8 Å². The fourth-order valence-corrected chi connectivity index (χ4v) is 4.18. The van der Waals surface area contributed by atoms with Crippen molar-refractivity contribution in [2.75, 3.05) is 26.2 Å². The van der Waals surface area contributed by atoms with Crippen LogP contribution in [-0.2, 0) is 13.1 Å². The number of aromatic nitrogens is 2. The van der Waals surface area contributed by atoms with Crippen LogP contribution in [0, 0.1) is 0 Å². The molecule has 0 amide bonds. The Hall–Kier alpha value is -2.82. The summed E-state index contributed by atoms with van der Waals surface area (Å²) < 4.78 is 0. The zero-order valence-corrected chi connectivity index (χ0v) is 16.0. The molecule has 140 valence electrons. The molecule has 1 aliphatic rings. The highest BCUT2D eigenvalue weighted by atomic mass is 15.3. The number of piperazine rings is 1. The number of para-hydroxylation sites is 2. The first kappa shape index (κ1) is 17.3. The second kappa shape index (κ2) is 7.66. The highest BCUT2D eigenvalue weighted by molar-refractivity contribution is 5.82. The smallest absolute Gasteiger partial charge is 0.0746 e. The van der Waals surface area contributed by atoms with Crippen LogP contribution in [0.15, 0.2) is 73.1 Å². The van der Waals surface area contributed by atoms with Gasteiger partial charge < -0.3 is 0 Å². The normalized spacial score (nSPS) is 16.0. The first-order chi connectivity index (χ1) is 13.9. The van der Waals surface area contributed by atoms with Crippen LogP contribution in [0.1, 0.15) is 11.1 Å².